The first-order valence-corrected chi connectivity index (χ1v) is 5.47. The van der Waals surface area contributed by atoms with E-state index in [4.69, 9.17) is 5.73 Å². The lowest BCUT2D eigenvalue weighted by Crippen LogP contribution is -2.15. The summed E-state index contributed by atoms with van der Waals surface area (Å²) in [6.07, 6.45) is 3.80. The molecule has 3 nitrogen and oxygen atoms in total. The summed E-state index contributed by atoms with van der Waals surface area (Å²) in [7, 11) is 0. The van der Waals surface area contributed by atoms with Crippen LogP contribution in [0.15, 0.2) is 29.9 Å². The molecule has 0 aliphatic heterocycles. The zero-order valence-electron chi connectivity index (χ0n) is 8.05. The van der Waals surface area contributed by atoms with Gasteiger partial charge in [-0.1, -0.05) is 6.07 Å². The summed E-state index contributed by atoms with van der Waals surface area (Å²) in [6, 6.07) is 4.41. The number of nitrogens with two attached hydrogens (primary N) is 1. The quantitative estimate of drug-likeness (QED) is 0.838. The second-order valence-electron chi connectivity index (χ2n) is 3.22. The molecule has 0 saturated carbocycles. The Balaban J connectivity index is 2.40. The third-order valence-electron chi connectivity index (χ3n) is 2.23. The van der Waals surface area contributed by atoms with Gasteiger partial charge in [-0.2, -0.15) is 0 Å². The van der Waals surface area contributed by atoms with Gasteiger partial charge in [0.2, 0.25) is 0 Å². The fraction of sp³-hybridized carbons (Fsp3) is 0.300. The zero-order valence-corrected chi connectivity index (χ0v) is 8.87. The average Bonchev–Trinajstić information content (AvgIpc) is 2.85. The molecule has 0 fully saturated rings. The number of hydrogen-bond donors (Lipinski definition) is 1. The van der Waals surface area contributed by atoms with E-state index in [9.17, 15) is 0 Å². The van der Waals surface area contributed by atoms with Crippen LogP contribution in [-0.4, -0.2) is 16.1 Å². The van der Waals surface area contributed by atoms with Gasteiger partial charge in [-0.3, -0.25) is 0 Å². The third-order valence-corrected chi connectivity index (χ3v) is 3.09. The molecule has 0 aromatic carbocycles. The van der Waals surface area contributed by atoms with E-state index in [1.807, 2.05) is 18.5 Å². The van der Waals surface area contributed by atoms with E-state index in [1.165, 1.54) is 4.88 Å². The summed E-state index contributed by atoms with van der Waals surface area (Å²) in [4.78, 5) is 5.54. The van der Waals surface area contributed by atoms with Gasteiger partial charge in [0.15, 0.2) is 0 Å². The van der Waals surface area contributed by atoms with Crippen molar-refractivity contribution < 1.29 is 0 Å². The van der Waals surface area contributed by atoms with Gasteiger partial charge in [-0.25, -0.2) is 4.98 Å². The maximum atomic E-state index is 5.64. The van der Waals surface area contributed by atoms with E-state index < -0.39 is 0 Å². The van der Waals surface area contributed by atoms with Crippen molar-refractivity contribution in [2.24, 2.45) is 5.73 Å². The molecule has 2 aromatic rings. The van der Waals surface area contributed by atoms with Crippen LogP contribution in [0.3, 0.4) is 0 Å². The van der Waals surface area contributed by atoms with Crippen molar-refractivity contribution in [2.45, 2.75) is 13.0 Å². The molecule has 0 radical (unpaired) electrons. The Bertz CT molecular complexity index is 391. The summed E-state index contributed by atoms with van der Waals surface area (Å²) >= 11 is 1.70. The molecule has 0 saturated heterocycles. The van der Waals surface area contributed by atoms with E-state index in [1.54, 1.807) is 11.3 Å². The van der Waals surface area contributed by atoms with E-state index in [0.29, 0.717) is 12.6 Å². The first-order valence-electron chi connectivity index (χ1n) is 4.59. The van der Waals surface area contributed by atoms with Crippen LogP contribution in [0.1, 0.15) is 13.0 Å². The Morgan fingerprint density at radius 3 is 3.14 bits per heavy atom. The molecule has 2 heterocycles. The Morgan fingerprint density at radius 2 is 2.50 bits per heavy atom. The first-order chi connectivity index (χ1) is 6.83. The minimum atomic E-state index is 0.301. The van der Waals surface area contributed by atoms with Crippen LogP contribution in [0.2, 0.25) is 0 Å². The van der Waals surface area contributed by atoms with Gasteiger partial charge in [0.05, 0.1) is 4.88 Å². The van der Waals surface area contributed by atoms with Gasteiger partial charge in [0.25, 0.3) is 0 Å². The Labute approximate surface area is 87.2 Å². The van der Waals surface area contributed by atoms with Gasteiger partial charge in [-0.15, -0.1) is 11.3 Å². The highest BCUT2D eigenvalue weighted by Gasteiger charge is 2.10. The summed E-state index contributed by atoms with van der Waals surface area (Å²) in [6.45, 7) is 2.73. The molecule has 0 amide bonds. The van der Waals surface area contributed by atoms with Gasteiger partial charge in [0.1, 0.15) is 5.82 Å². The normalized spacial score (nSPS) is 13.0. The predicted molar refractivity (Wildman–Crippen MR) is 59.3 cm³/mol. The first kappa shape index (κ1) is 9.43. The molecule has 1 unspecified atom stereocenters. The average molecular weight is 207 g/mol. The molecule has 0 spiro atoms. The van der Waals surface area contributed by atoms with Crippen LogP contribution in [-0.2, 0) is 0 Å². The second-order valence-corrected chi connectivity index (χ2v) is 4.17. The zero-order chi connectivity index (χ0) is 9.97. The number of imidazole rings is 1. The van der Waals surface area contributed by atoms with Crippen LogP contribution in [0, 0.1) is 0 Å². The van der Waals surface area contributed by atoms with Crippen LogP contribution >= 0.6 is 11.3 Å². The summed E-state index contributed by atoms with van der Waals surface area (Å²) < 4.78 is 2.12. The molecule has 1 atom stereocenters. The molecule has 14 heavy (non-hydrogen) atoms. The molecule has 0 bridgehead atoms. The van der Waals surface area contributed by atoms with Crippen molar-refractivity contribution in [3.63, 3.8) is 0 Å². The number of rotatable bonds is 3. The molecule has 74 valence electrons. The predicted octanol–water partition coefficient (Wildman–Crippen LogP) is 2.13. The van der Waals surface area contributed by atoms with Crippen LogP contribution in [0.25, 0.3) is 10.7 Å². The summed E-state index contributed by atoms with van der Waals surface area (Å²) in [5.74, 6) is 1.01. The molecular weight excluding hydrogens is 194 g/mol. The third kappa shape index (κ3) is 1.58. The number of aromatic nitrogens is 2. The molecule has 2 N–H and O–H groups in total. The largest absolute Gasteiger partial charge is 0.328 e. The van der Waals surface area contributed by atoms with Crippen molar-refractivity contribution in [3.8, 4) is 10.7 Å². The standard InChI is InChI=1S/C10H13N3S/c1-8(7-11)13-5-4-12-10(13)9-3-2-6-14-9/h2-6,8H,7,11H2,1H3. The van der Waals surface area contributed by atoms with Gasteiger partial charge >= 0.3 is 0 Å². The van der Waals surface area contributed by atoms with Gasteiger partial charge in [-0.05, 0) is 18.4 Å². The van der Waals surface area contributed by atoms with Crippen molar-refractivity contribution >= 4 is 11.3 Å². The second kappa shape index (κ2) is 3.94. The molecular formula is C10H13N3S. The SMILES string of the molecule is CC(CN)n1ccnc1-c1cccs1. The minimum Gasteiger partial charge on any atom is -0.328 e. The van der Waals surface area contributed by atoms with Crippen LogP contribution in [0.4, 0.5) is 0 Å². The topological polar surface area (TPSA) is 43.8 Å². The molecule has 0 aliphatic rings. The maximum Gasteiger partial charge on any atom is 0.150 e. The van der Waals surface area contributed by atoms with Crippen LogP contribution in [0.5, 0.6) is 0 Å². The number of thiophene rings is 1. The van der Waals surface area contributed by atoms with E-state index in [-0.39, 0.29) is 0 Å². The monoisotopic (exact) mass is 207 g/mol. The molecule has 4 heteroatoms. The highest BCUT2D eigenvalue weighted by atomic mass is 32.1. The van der Waals surface area contributed by atoms with Gasteiger partial charge < -0.3 is 10.3 Å². The van der Waals surface area contributed by atoms with E-state index in [0.717, 1.165) is 5.82 Å². The molecule has 0 aliphatic carbocycles. The van der Waals surface area contributed by atoms with E-state index >= 15 is 0 Å². The lowest BCUT2D eigenvalue weighted by atomic mass is 10.3. The summed E-state index contributed by atoms with van der Waals surface area (Å²) in [5, 5.41) is 2.06. The Morgan fingerprint density at radius 1 is 1.64 bits per heavy atom. The molecule has 2 aromatic heterocycles. The van der Waals surface area contributed by atoms with Crippen molar-refractivity contribution in [2.75, 3.05) is 6.54 Å². The van der Waals surface area contributed by atoms with Crippen molar-refractivity contribution in [1.82, 2.24) is 9.55 Å². The molecule has 2 rings (SSSR count). The number of hydrogen-bond acceptors (Lipinski definition) is 3. The van der Waals surface area contributed by atoms with Crippen molar-refractivity contribution in [1.29, 1.82) is 0 Å². The maximum absolute atomic E-state index is 5.64. The minimum absolute atomic E-state index is 0.301. The Hall–Kier alpha value is -1.13. The summed E-state index contributed by atoms with van der Waals surface area (Å²) in [5.41, 5.74) is 5.64. The van der Waals surface area contributed by atoms with Gasteiger partial charge in [0, 0.05) is 25.0 Å². The fourth-order valence-electron chi connectivity index (χ4n) is 1.38. The van der Waals surface area contributed by atoms with Crippen LogP contribution < -0.4 is 5.73 Å². The highest BCUT2D eigenvalue weighted by molar-refractivity contribution is 7.13. The number of nitrogens with zero attached hydrogens (tertiary/aromatic N) is 2. The lowest BCUT2D eigenvalue weighted by molar-refractivity contribution is 0.564. The fourth-order valence-corrected chi connectivity index (χ4v) is 2.10. The Kier molecular flexibility index (Phi) is 2.65. The van der Waals surface area contributed by atoms with E-state index in [2.05, 4.69) is 27.9 Å². The van der Waals surface area contributed by atoms with Crippen molar-refractivity contribution in [3.05, 3.63) is 29.9 Å². The lowest BCUT2D eigenvalue weighted by Gasteiger charge is -2.12. The highest BCUT2D eigenvalue weighted by Crippen LogP contribution is 2.24. The smallest absolute Gasteiger partial charge is 0.150 e.